The van der Waals surface area contributed by atoms with Gasteiger partial charge in [-0.15, -0.1) is 0 Å². The molecule has 5 heteroatoms. The number of piperidine rings is 1. The summed E-state index contributed by atoms with van der Waals surface area (Å²) in [7, 11) is 0. The van der Waals surface area contributed by atoms with Crippen molar-refractivity contribution in [3.63, 3.8) is 0 Å². The number of hydrogen-bond donors (Lipinski definition) is 1. The molecule has 3 aliphatic carbocycles. The monoisotopic (exact) mass is 418 g/mol. The van der Waals surface area contributed by atoms with Crippen LogP contribution in [0.2, 0.25) is 0 Å². The smallest absolute Gasteiger partial charge is 0.345 e. The molecule has 31 heavy (non-hydrogen) atoms. The molecule has 0 spiro atoms. The first kappa shape index (κ1) is 19.4. The Bertz CT molecular complexity index is 1000. The van der Waals surface area contributed by atoms with Crippen molar-refractivity contribution in [2.24, 2.45) is 5.92 Å². The molecule has 0 radical (unpaired) electrons. The Balaban J connectivity index is 1.36. The summed E-state index contributed by atoms with van der Waals surface area (Å²) < 4.78 is 5.72. The van der Waals surface area contributed by atoms with Crippen molar-refractivity contribution in [1.82, 2.24) is 9.88 Å². The van der Waals surface area contributed by atoms with E-state index in [4.69, 9.17) is 4.74 Å². The molecule has 2 heterocycles. The number of ether oxygens (including phenoxy) is 1. The third-order valence-electron chi connectivity index (χ3n) is 8.37. The Kier molecular flexibility index (Phi) is 4.48. The molecule has 6 rings (SSSR count). The fourth-order valence-corrected chi connectivity index (χ4v) is 6.65. The molecular formula is C26H30N2O3. The van der Waals surface area contributed by atoms with Crippen LogP contribution in [0.4, 0.5) is 0 Å². The van der Waals surface area contributed by atoms with Crippen LogP contribution in [-0.4, -0.2) is 45.7 Å². The fourth-order valence-electron chi connectivity index (χ4n) is 6.65. The molecule has 1 aliphatic heterocycles. The largest absolute Gasteiger partial charge is 0.423 e. The van der Waals surface area contributed by atoms with Crippen molar-refractivity contribution in [2.75, 3.05) is 13.1 Å². The molecule has 1 N–H and O–H groups in total. The lowest BCUT2D eigenvalue weighted by Crippen LogP contribution is -2.72. The fraction of sp³-hybridized carbons (Fsp3) is 0.538. The number of pyridine rings is 1. The molecule has 3 fully saturated rings. The van der Waals surface area contributed by atoms with Crippen LogP contribution in [0.1, 0.15) is 66.4 Å². The highest BCUT2D eigenvalue weighted by molar-refractivity contribution is 5.90. The van der Waals surface area contributed by atoms with E-state index in [0.717, 1.165) is 57.5 Å². The highest BCUT2D eigenvalue weighted by Crippen LogP contribution is 2.58. The van der Waals surface area contributed by atoms with Gasteiger partial charge in [-0.2, -0.15) is 0 Å². The lowest BCUT2D eigenvalue weighted by molar-refractivity contribution is -0.166. The van der Waals surface area contributed by atoms with Gasteiger partial charge < -0.3 is 9.84 Å². The Labute approximate surface area is 183 Å². The number of fused-ring (bicyclic) bond motifs is 1. The van der Waals surface area contributed by atoms with Gasteiger partial charge in [0.1, 0.15) is 5.75 Å². The quantitative estimate of drug-likeness (QED) is 0.603. The second-order valence-corrected chi connectivity index (χ2v) is 10.1. The number of hydrogen-bond acceptors (Lipinski definition) is 5. The Morgan fingerprint density at radius 2 is 2.06 bits per heavy atom. The van der Waals surface area contributed by atoms with Gasteiger partial charge >= 0.3 is 5.97 Å². The number of carbonyl (C=O) groups excluding carboxylic acids is 1. The highest BCUT2D eigenvalue weighted by atomic mass is 16.5. The molecule has 5 nitrogen and oxygen atoms in total. The van der Waals surface area contributed by atoms with Crippen molar-refractivity contribution < 1.29 is 14.6 Å². The van der Waals surface area contributed by atoms with Crippen molar-refractivity contribution in [3.05, 3.63) is 59.4 Å². The Hall–Kier alpha value is -2.24. The molecule has 162 valence electrons. The van der Waals surface area contributed by atoms with E-state index >= 15 is 0 Å². The first-order valence-electron chi connectivity index (χ1n) is 11.8. The number of aliphatic hydroxyl groups is 1. The molecule has 0 amide bonds. The van der Waals surface area contributed by atoms with Gasteiger partial charge in [-0.05, 0) is 86.4 Å². The van der Waals surface area contributed by atoms with Gasteiger partial charge in [0.2, 0.25) is 0 Å². The molecule has 1 aromatic heterocycles. The number of rotatable bonds is 4. The van der Waals surface area contributed by atoms with Gasteiger partial charge in [0.25, 0.3) is 0 Å². The SMILES string of the molecule is O=C(Oc1ccc2c(c1)[C@@]13CCCC[C@@]1(O)[C@@H](C2)N(CC1CC1)CC3)c1cccnc1. The van der Waals surface area contributed by atoms with Gasteiger partial charge in [-0.25, -0.2) is 4.79 Å². The second kappa shape index (κ2) is 7.14. The Morgan fingerprint density at radius 3 is 2.87 bits per heavy atom. The molecule has 3 atom stereocenters. The van der Waals surface area contributed by atoms with Gasteiger partial charge in [-0.3, -0.25) is 9.88 Å². The summed E-state index contributed by atoms with van der Waals surface area (Å²) in [5.41, 5.74) is 2.07. The highest BCUT2D eigenvalue weighted by Gasteiger charge is 2.63. The van der Waals surface area contributed by atoms with Crippen LogP contribution >= 0.6 is 0 Å². The minimum atomic E-state index is -0.683. The zero-order valence-electron chi connectivity index (χ0n) is 17.9. The van der Waals surface area contributed by atoms with Gasteiger partial charge in [-0.1, -0.05) is 18.9 Å². The molecule has 2 bridgehead atoms. The summed E-state index contributed by atoms with van der Waals surface area (Å²) in [6.07, 6.45) is 11.9. The maximum Gasteiger partial charge on any atom is 0.345 e. The third-order valence-corrected chi connectivity index (χ3v) is 8.37. The number of benzene rings is 1. The minimum absolute atomic E-state index is 0.207. The number of nitrogens with zero attached hydrogens (tertiary/aromatic N) is 2. The summed E-state index contributed by atoms with van der Waals surface area (Å²) in [6.45, 7) is 2.20. The summed E-state index contributed by atoms with van der Waals surface area (Å²) in [5.74, 6) is 1.00. The van der Waals surface area contributed by atoms with Crippen LogP contribution in [0.3, 0.4) is 0 Å². The van der Waals surface area contributed by atoms with Gasteiger partial charge in [0, 0.05) is 30.4 Å². The predicted octanol–water partition coefficient (Wildman–Crippen LogP) is 3.88. The average molecular weight is 419 g/mol. The van der Waals surface area contributed by atoms with Crippen molar-refractivity contribution in [3.8, 4) is 5.75 Å². The van der Waals surface area contributed by atoms with E-state index in [-0.39, 0.29) is 11.5 Å². The zero-order chi connectivity index (χ0) is 21.1. The van der Waals surface area contributed by atoms with Crippen LogP contribution in [0.5, 0.6) is 5.75 Å². The van der Waals surface area contributed by atoms with Crippen molar-refractivity contribution >= 4 is 5.97 Å². The summed E-state index contributed by atoms with van der Waals surface area (Å²) in [4.78, 5) is 19.2. The molecule has 1 aromatic carbocycles. The molecule has 2 aromatic rings. The average Bonchev–Trinajstić information content (AvgIpc) is 3.60. The van der Waals surface area contributed by atoms with E-state index in [1.54, 1.807) is 18.3 Å². The summed E-state index contributed by atoms with van der Waals surface area (Å²) in [6, 6.07) is 9.75. The first-order chi connectivity index (χ1) is 15.1. The Morgan fingerprint density at radius 1 is 1.19 bits per heavy atom. The molecule has 1 saturated heterocycles. The van der Waals surface area contributed by atoms with Crippen LogP contribution in [0.15, 0.2) is 42.7 Å². The number of carbonyl (C=O) groups is 1. The van der Waals surface area contributed by atoms with Crippen LogP contribution < -0.4 is 4.74 Å². The normalized spacial score (nSPS) is 32.1. The third kappa shape index (κ3) is 3.05. The zero-order valence-corrected chi connectivity index (χ0v) is 17.9. The van der Waals surface area contributed by atoms with E-state index in [1.165, 1.54) is 30.2 Å². The van der Waals surface area contributed by atoms with Crippen LogP contribution in [0.25, 0.3) is 0 Å². The van der Waals surface area contributed by atoms with Gasteiger partial charge in [0.15, 0.2) is 0 Å². The summed E-state index contributed by atoms with van der Waals surface area (Å²) in [5, 5.41) is 12.2. The number of likely N-dealkylation sites (tertiary alicyclic amines) is 1. The van der Waals surface area contributed by atoms with Crippen LogP contribution in [0, 0.1) is 5.92 Å². The molecular weight excluding hydrogens is 388 g/mol. The lowest BCUT2D eigenvalue weighted by Gasteiger charge is -2.64. The summed E-state index contributed by atoms with van der Waals surface area (Å²) >= 11 is 0. The molecule has 2 saturated carbocycles. The number of esters is 1. The van der Waals surface area contributed by atoms with Gasteiger partial charge in [0.05, 0.1) is 11.2 Å². The second-order valence-electron chi connectivity index (χ2n) is 10.1. The standard InChI is InChI=1S/C26H30N2O3/c29-24(20-4-3-12-27-16-20)31-21-8-7-19-14-23-26(30)10-2-1-9-25(26,22(19)15-21)11-13-28(23)17-18-5-6-18/h3-4,7-8,12,15-16,18,23,30H,1-2,5-6,9-11,13-14,17H2/t23-,25+,26-/m1/s1. The minimum Gasteiger partial charge on any atom is -0.423 e. The number of aromatic nitrogens is 1. The maximum atomic E-state index is 12.6. The predicted molar refractivity (Wildman–Crippen MR) is 117 cm³/mol. The van der Waals surface area contributed by atoms with E-state index in [2.05, 4.69) is 16.0 Å². The van der Waals surface area contributed by atoms with E-state index in [9.17, 15) is 9.90 Å². The van der Waals surface area contributed by atoms with Crippen LogP contribution in [-0.2, 0) is 11.8 Å². The van der Waals surface area contributed by atoms with Crippen molar-refractivity contribution in [2.45, 2.75) is 68.4 Å². The van der Waals surface area contributed by atoms with E-state index in [1.807, 2.05) is 12.1 Å². The lowest BCUT2D eigenvalue weighted by atomic mass is 9.49. The molecule has 0 unspecified atom stereocenters. The van der Waals surface area contributed by atoms with E-state index in [0.29, 0.717) is 11.3 Å². The topological polar surface area (TPSA) is 62.7 Å². The van der Waals surface area contributed by atoms with E-state index < -0.39 is 11.6 Å². The first-order valence-corrected chi connectivity index (χ1v) is 11.8. The molecule has 4 aliphatic rings. The maximum absolute atomic E-state index is 12.6. The van der Waals surface area contributed by atoms with Crippen molar-refractivity contribution in [1.29, 1.82) is 0 Å².